The molecule has 2 atom stereocenters. The first kappa shape index (κ1) is 13.2. The third-order valence-electron chi connectivity index (χ3n) is 2.90. The van der Waals surface area contributed by atoms with Crippen molar-refractivity contribution >= 4 is 69.6 Å². The molecule has 0 saturated heterocycles. The van der Waals surface area contributed by atoms with E-state index in [-0.39, 0.29) is 21.2 Å². The fraction of sp³-hybridized carbons (Fsp3) is 0.333. The Morgan fingerprint density at radius 1 is 1.00 bits per heavy atom. The van der Waals surface area contributed by atoms with Gasteiger partial charge in [-0.15, -0.1) is 23.2 Å². The van der Waals surface area contributed by atoms with Gasteiger partial charge in [-0.2, -0.15) is 0 Å². The summed E-state index contributed by atoms with van der Waals surface area (Å²) >= 11 is 36.8. The molecule has 0 spiro atoms. The quantitative estimate of drug-likeness (QED) is 0.494. The van der Waals surface area contributed by atoms with Gasteiger partial charge in [0.1, 0.15) is 9.75 Å². The number of alkyl halides is 4. The Kier molecular flexibility index (Phi) is 2.81. The maximum atomic E-state index is 9.17. The second-order valence-corrected chi connectivity index (χ2v) is 6.76. The highest BCUT2D eigenvalue weighted by molar-refractivity contribution is 6.67. The molecule has 1 N–H and O–H groups in total. The van der Waals surface area contributed by atoms with Crippen molar-refractivity contribution < 1.29 is 5.11 Å². The van der Waals surface area contributed by atoms with E-state index in [0.29, 0.717) is 0 Å². The number of hydrogen-bond acceptors (Lipinski definition) is 1. The summed E-state index contributed by atoms with van der Waals surface area (Å²) in [5, 5.41) is 9.20. The zero-order valence-corrected chi connectivity index (χ0v) is 12.0. The van der Waals surface area contributed by atoms with Crippen LogP contribution in [0.5, 0.6) is 0 Å². The number of aliphatic hydroxyl groups is 1. The molecule has 2 aliphatic carbocycles. The standard InChI is InChI=1S/C9H4Cl6O/c1-3-4(2-16)8(13)6(11)5(10)7(3,12)9(8,14)15/h2,16H,1H2. The number of allylic oxidation sites excluding steroid dienone is 4. The first-order chi connectivity index (χ1) is 7.17. The van der Waals surface area contributed by atoms with Gasteiger partial charge in [-0.25, -0.2) is 0 Å². The summed E-state index contributed by atoms with van der Waals surface area (Å²) < 4.78 is -1.71. The molecule has 0 amide bonds. The number of aliphatic hydroxyl groups excluding tert-OH is 1. The van der Waals surface area contributed by atoms with Gasteiger partial charge < -0.3 is 5.11 Å². The van der Waals surface area contributed by atoms with E-state index in [1.807, 2.05) is 0 Å². The molecule has 0 heterocycles. The predicted octanol–water partition coefficient (Wildman–Crippen LogP) is 4.83. The van der Waals surface area contributed by atoms with E-state index in [4.69, 9.17) is 74.7 Å². The molecular formula is C9H4Cl6O. The molecule has 2 aliphatic rings. The van der Waals surface area contributed by atoms with Crippen molar-refractivity contribution in [2.45, 2.75) is 14.1 Å². The molecule has 0 radical (unpaired) electrons. The van der Waals surface area contributed by atoms with E-state index in [2.05, 4.69) is 6.58 Å². The lowest BCUT2D eigenvalue weighted by Crippen LogP contribution is -2.43. The second kappa shape index (κ2) is 3.40. The lowest BCUT2D eigenvalue weighted by atomic mass is 9.96. The van der Waals surface area contributed by atoms with Gasteiger partial charge in [0, 0.05) is 5.57 Å². The Morgan fingerprint density at radius 2 is 1.44 bits per heavy atom. The van der Waals surface area contributed by atoms with E-state index in [0.717, 1.165) is 6.26 Å². The van der Waals surface area contributed by atoms with E-state index >= 15 is 0 Å². The highest BCUT2D eigenvalue weighted by Gasteiger charge is 2.78. The Morgan fingerprint density at radius 3 is 1.81 bits per heavy atom. The normalized spacial score (nSPS) is 43.6. The molecule has 2 rings (SSSR count). The van der Waals surface area contributed by atoms with Gasteiger partial charge in [-0.3, -0.25) is 0 Å². The van der Waals surface area contributed by atoms with Gasteiger partial charge in [0.15, 0.2) is 4.33 Å². The molecule has 1 fully saturated rings. The minimum atomic E-state index is -1.71. The zero-order chi connectivity index (χ0) is 12.5. The summed E-state index contributed by atoms with van der Waals surface area (Å²) in [6.07, 6.45) is 0.741. The maximum absolute atomic E-state index is 9.17. The van der Waals surface area contributed by atoms with Crippen molar-refractivity contribution in [2.75, 3.05) is 0 Å². The Hall–Kier alpha value is 0.760. The highest BCUT2D eigenvalue weighted by Crippen LogP contribution is 2.75. The Balaban J connectivity index is 2.89. The van der Waals surface area contributed by atoms with Crippen LogP contribution in [0.25, 0.3) is 0 Å². The molecule has 88 valence electrons. The van der Waals surface area contributed by atoms with Gasteiger partial charge in [0.05, 0.1) is 16.3 Å². The summed E-state index contributed by atoms with van der Waals surface area (Å²) in [5.74, 6) is 0. The minimum Gasteiger partial charge on any atom is -0.515 e. The lowest BCUT2D eigenvalue weighted by Gasteiger charge is -2.30. The van der Waals surface area contributed by atoms with E-state index in [1.165, 1.54) is 0 Å². The molecule has 1 nitrogen and oxygen atoms in total. The van der Waals surface area contributed by atoms with Crippen LogP contribution in [0.2, 0.25) is 0 Å². The molecule has 7 heteroatoms. The highest BCUT2D eigenvalue weighted by atomic mass is 35.5. The smallest absolute Gasteiger partial charge is 0.174 e. The number of halogens is 6. The maximum Gasteiger partial charge on any atom is 0.174 e. The summed E-state index contributed by atoms with van der Waals surface area (Å²) in [4.78, 5) is -3.08. The zero-order valence-electron chi connectivity index (χ0n) is 7.50. The van der Waals surface area contributed by atoms with Crippen molar-refractivity contribution in [3.05, 3.63) is 34.1 Å². The lowest BCUT2D eigenvalue weighted by molar-refractivity contribution is 0.464. The summed E-state index contributed by atoms with van der Waals surface area (Å²) in [5.41, 5.74) is 0.412. The molecule has 0 aromatic heterocycles. The van der Waals surface area contributed by atoms with Gasteiger partial charge >= 0.3 is 0 Å². The first-order valence-electron chi connectivity index (χ1n) is 4.03. The van der Waals surface area contributed by atoms with Gasteiger partial charge in [0.2, 0.25) is 0 Å². The number of hydrogen-bond donors (Lipinski definition) is 1. The fourth-order valence-electron chi connectivity index (χ4n) is 1.99. The monoisotopic (exact) mass is 338 g/mol. The molecule has 2 unspecified atom stereocenters. The van der Waals surface area contributed by atoms with Crippen molar-refractivity contribution in [3.8, 4) is 0 Å². The molecule has 0 aliphatic heterocycles. The average Bonchev–Trinajstić information content (AvgIpc) is 2.40. The number of rotatable bonds is 0. The minimum absolute atomic E-state index is 0.00327. The van der Waals surface area contributed by atoms with E-state index in [9.17, 15) is 0 Å². The van der Waals surface area contributed by atoms with Crippen molar-refractivity contribution in [1.29, 1.82) is 0 Å². The van der Waals surface area contributed by atoms with Gasteiger partial charge in [-0.05, 0) is 5.57 Å². The molecule has 2 bridgehead atoms. The largest absolute Gasteiger partial charge is 0.515 e. The predicted molar refractivity (Wildman–Crippen MR) is 70.2 cm³/mol. The summed E-state index contributed by atoms with van der Waals surface area (Å²) in [6.45, 7) is 3.70. The first-order valence-corrected chi connectivity index (χ1v) is 6.30. The summed E-state index contributed by atoms with van der Waals surface area (Å²) in [7, 11) is 0. The molecule has 0 aromatic carbocycles. The Bertz CT molecular complexity index is 465. The van der Waals surface area contributed by atoms with Crippen molar-refractivity contribution in [1.82, 2.24) is 0 Å². The number of fused-ring (bicyclic) bond motifs is 2. The second-order valence-electron chi connectivity index (χ2n) is 3.54. The molecule has 16 heavy (non-hydrogen) atoms. The van der Waals surface area contributed by atoms with Gasteiger partial charge in [0.25, 0.3) is 0 Å². The third-order valence-corrected chi connectivity index (χ3v) is 7.04. The van der Waals surface area contributed by atoms with Crippen LogP contribution in [-0.4, -0.2) is 19.2 Å². The average molecular weight is 341 g/mol. The Labute approximate surface area is 122 Å². The van der Waals surface area contributed by atoms with Crippen LogP contribution < -0.4 is 0 Å². The van der Waals surface area contributed by atoms with Crippen LogP contribution in [0, 0.1) is 0 Å². The summed E-state index contributed by atoms with van der Waals surface area (Å²) in [6, 6.07) is 0. The van der Waals surface area contributed by atoms with E-state index in [1.54, 1.807) is 0 Å². The van der Waals surface area contributed by atoms with Crippen LogP contribution in [0.3, 0.4) is 0 Å². The van der Waals surface area contributed by atoms with Crippen LogP contribution >= 0.6 is 69.6 Å². The fourth-order valence-corrected chi connectivity index (χ4v) is 4.65. The van der Waals surface area contributed by atoms with Crippen LogP contribution in [0.4, 0.5) is 0 Å². The van der Waals surface area contributed by atoms with E-state index < -0.39 is 14.1 Å². The molecule has 1 saturated carbocycles. The SMILES string of the molecule is C=C1C(=CO)C2(Cl)C(Cl)=C(Cl)C1(Cl)C2(Cl)Cl. The van der Waals surface area contributed by atoms with Crippen molar-refractivity contribution in [3.63, 3.8) is 0 Å². The van der Waals surface area contributed by atoms with Crippen LogP contribution in [0.1, 0.15) is 0 Å². The molecular weight excluding hydrogens is 337 g/mol. The van der Waals surface area contributed by atoms with Crippen LogP contribution in [-0.2, 0) is 0 Å². The topological polar surface area (TPSA) is 20.2 Å². The van der Waals surface area contributed by atoms with Crippen LogP contribution in [0.15, 0.2) is 34.1 Å². The third kappa shape index (κ3) is 1.00. The van der Waals surface area contributed by atoms with Gasteiger partial charge in [-0.1, -0.05) is 53.0 Å². The molecule has 0 aromatic rings. The van der Waals surface area contributed by atoms with Crippen molar-refractivity contribution in [2.24, 2.45) is 0 Å².